The Hall–Kier alpha value is -1.22. The molecule has 0 spiro atoms. The van der Waals surface area contributed by atoms with Crippen molar-refractivity contribution in [3.05, 3.63) is 47.4 Å². The van der Waals surface area contributed by atoms with Gasteiger partial charge in [0.05, 0.1) is 0 Å². The molecule has 0 bridgehead atoms. The Morgan fingerprint density at radius 3 is 2.89 bits per heavy atom. The standard InChI is InChI=1S/C9H8/c1-9-7-5-3-2-4-6-8-9/h3,5-8H,1H3. The lowest BCUT2D eigenvalue weighted by Crippen LogP contribution is -1.64. The number of hydrogen-bond acceptors (Lipinski definition) is 0. The highest BCUT2D eigenvalue weighted by Crippen LogP contribution is 1.95. The molecule has 0 atom stereocenters. The molecule has 0 saturated carbocycles. The van der Waals surface area contributed by atoms with E-state index in [0.29, 0.717) is 0 Å². The van der Waals surface area contributed by atoms with Gasteiger partial charge in [0.25, 0.3) is 0 Å². The summed E-state index contributed by atoms with van der Waals surface area (Å²) in [4.78, 5) is 0. The number of allylic oxidation sites excluding steroid dienone is 6. The Bertz CT molecular complexity index is 239. The molecule has 0 amide bonds. The van der Waals surface area contributed by atoms with Gasteiger partial charge in [0.1, 0.15) is 0 Å². The van der Waals surface area contributed by atoms with Gasteiger partial charge in [0.2, 0.25) is 0 Å². The zero-order valence-electron chi connectivity index (χ0n) is 5.39. The molecule has 0 heteroatoms. The quantitative estimate of drug-likeness (QED) is 0.426. The number of rotatable bonds is 0. The molecule has 0 saturated heterocycles. The Morgan fingerprint density at radius 1 is 1.22 bits per heavy atom. The van der Waals surface area contributed by atoms with Crippen molar-refractivity contribution in [2.45, 2.75) is 6.92 Å². The first kappa shape index (κ1) is 5.91. The van der Waals surface area contributed by atoms with E-state index >= 15 is 0 Å². The van der Waals surface area contributed by atoms with Crippen LogP contribution in [-0.2, 0) is 0 Å². The van der Waals surface area contributed by atoms with E-state index in [1.165, 1.54) is 5.57 Å². The van der Waals surface area contributed by atoms with Gasteiger partial charge in [-0.05, 0) is 19.1 Å². The molecule has 0 aliphatic heterocycles. The van der Waals surface area contributed by atoms with Crippen molar-refractivity contribution in [2.75, 3.05) is 0 Å². The molecule has 44 valence electrons. The first-order valence-corrected chi connectivity index (χ1v) is 2.90. The summed E-state index contributed by atoms with van der Waals surface area (Å²) in [6.07, 6.45) is 9.68. The van der Waals surface area contributed by atoms with E-state index in [2.05, 4.69) is 11.5 Å². The van der Waals surface area contributed by atoms with Crippen LogP contribution < -0.4 is 0 Å². The lowest BCUT2D eigenvalue weighted by atomic mass is 10.2. The fraction of sp³-hybridized carbons (Fsp3) is 0.111. The van der Waals surface area contributed by atoms with E-state index in [-0.39, 0.29) is 0 Å². The molecule has 1 aliphatic rings. The van der Waals surface area contributed by atoms with Gasteiger partial charge in [-0.25, -0.2) is 0 Å². The molecule has 0 N–H and O–H groups in total. The third kappa shape index (κ3) is 2.01. The summed E-state index contributed by atoms with van der Waals surface area (Å²) in [7, 11) is 0. The fourth-order valence-corrected chi connectivity index (χ4v) is 0.573. The van der Waals surface area contributed by atoms with Crippen molar-refractivity contribution in [3.8, 4) is 0 Å². The Kier molecular flexibility index (Phi) is 1.93. The predicted molar refractivity (Wildman–Crippen MR) is 39.1 cm³/mol. The van der Waals surface area contributed by atoms with Crippen molar-refractivity contribution >= 4 is 0 Å². The van der Waals surface area contributed by atoms with Crippen LogP contribution in [0.2, 0.25) is 0 Å². The summed E-state index contributed by atoms with van der Waals surface area (Å²) >= 11 is 0. The van der Waals surface area contributed by atoms with E-state index in [4.69, 9.17) is 0 Å². The second-order valence-corrected chi connectivity index (χ2v) is 1.89. The third-order valence-corrected chi connectivity index (χ3v) is 1.05. The molecule has 0 aromatic heterocycles. The van der Waals surface area contributed by atoms with E-state index in [1.54, 1.807) is 0 Å². The van der Waals surface area contributed by atoms with Crippen LogP contribution in [0.5, 0.6) is 0 Å². The predicted octanol–water partition coefficient (Wildman–Crippen LogP) is 2.37. The lowest BCUT2D eigenvalue weighted by Gasteiger charge is -1.84. The monoisotopic (exact) mass is 116 g/mol. The van der Waals surface area contributed by atoms with Gasteiger partial charge >= 0.3 is 0 Å². The summed E-state index contributed by atoms with van der Waals surface area (Å²) in [6, 6.07) is 0. The van der Waals surface area contributed by atoms with Crippen LogP contribution in [0, 0.1) is 0 Å². The van der Waals surface area contributed by atoms with Crippen LogP contribution in [0.1, 0.15) is 6.92 Å². The highest BCUT2D eigenvalue weighted by molar-refractivity contribution is 5.25. The van der Waals surface area contributed by atoms with E-state index in [0.717, 1.165) is 0 Å². The topological polar surface area (TPSA) is 0 Å². The van der Waals surface area contributed by atoms with Crippen LogP contribution in [-0.4, -0.2) is 0 Å². The van der Waals surface area contributed by atoms with Crippen molar-refractivity contribution < 1.29 is 0 Å². The minimum atomic E-state index is 1.24. The summed E-state index contributed by atoms with van der Waals surface area (Å²) in [5.74, 6) is 0. The van der Waals surface area contributed by atoms with Crippen LogP contribution in [0.25, 0.3) is 0 Å². The normalized spacial score (nSPS) is 15.0. The van der Waals surface area contributed by atoms with Crippen LogP contribution in [0.3, 0.4) is 0 Å². The van der Waals surface area contributed by atoms with Crippen molar-refractivity contribution in [2.24, 2.45) is 0 Å². The second-order valence-electron chi connectivity index (χ2n) is 1.89. The molecular formula is C9H8. The minimum Gasteiger partial charge on any atom is -0.0702 e. The molecule has 0 radical (unpaired) electrons. The summed E-state index contributed by atoms with van der Waals surface area (Å²) in [6.45, 7) is 2.05. The minimum absolute atomic E-state index is 1.24. The molecular weight excluding hydrogens is 108 g/mol. The molecule has 0 aromatic rings. The van der Waals surface area contributed by atoms with Gasteiger partial charge in [-0.2, -0.15) is 0 Å². The van der Waals surface area contributed by atoms with Crippen molar-refractivity contribution in [1.82, 2.24) is 0 Å². The highest BCUT2D eigenvalue weighted by Gasteiger charge is 1.75. The lowest BCUT2D eigenvalue weighted by molar-refractivity contribution is 1.52. The van der Waals surface area contributed by atoms with Gasteiger partial charge in [0, 0.05) is 0 Å². The fourth-order valence-electron chi connectivity index (χ4n) is 0.573. The average Bonchev–Trinajstić information content (AvgIpc) is 1.79. The Morgan fingerprint density at radius 2 is 2.00 bits per heavy atom. The molecule has 0 nitrogen and oxygen atoms in total. The van der Waals surface area contributed by atoms with Gasteiger partial charge in [0.15, 0.2) is 0 Å². The summed E-state index contributed by atoms with van der Waals surface area (Å²) < 4.78 is 0. The highest BCUT2D eigenvalue weighted by atomic mass is 13.8. The molecule has 9 heavy (non-hydrogen) atoms. The van der Waals surface area contributed by atoms with Gasteiger partial charge in [-0.1, -0.05) is 35.3 Å². The molecule has 1 aliphatic carbocycles. The Labute approximate surface area is 55.2 Å². The zero-order valence-corrected chi connectivity index (χ0v) is 5.39. The van der Waals surface area contributed by atoms with E-state index in [9.17, 15) is 0 Å². The molecule has 1 rings (SSSR count). The zero-order chi connectivity index (χ0) is 6.53. The maximum absolute atomic E-state index is 2.86. The smallest absolute Gasteiger partial charge is 0.0113 e. The summed E-state index contributed by atoms with van der Waals surface area (Å²) in [5, 5.41) is 0. The second kappa shape index (κ2) is 2.94. The van der Waals surface area contributed by atoms with E-state index < -0.39 is 0 Å². The van der Waals surface area contributed by atoms with E-state index in [1.807, 2.05) is 37.3 Å². The number of hydrogen-bond donors (Lipinski definition) is 0. The molecule has 0 unspecified atom stereocenters. The van der Waals surface area contributed by atoms with Crippen LogP contribution in [0.4, 0.5) is 0 Å². The van der Waals surface area contributed by atoms with Crippen molar-refractivity contribution in [1.29, 1.82) is 0 Å². The Balaban J connectivity index is 3.02. The maximum Gasteiger partial charge on any atom is -0.0113 e. The average molecular weight is 116 g/mol. The SMILES string of the molecule is CC1=CC=C=C=CC=C1. The van der Waals surface area contributed by atoms with Crippen molar-refractivity contribution in [3.63, 3.8) is 0 Å². The largest absolute Gasteiger partial charge is 0.0702 e. The maximum atomic E-state index is 2.86. The first-order chi connectivity index (χ1) is 4.39. The van der Waals surface area contributed by atoms with Crippen LogP contribution >= 0.6 is 0 Å². The third-order valence-electron chi connectivity index (χ3n) is 1.05. The first-order valence-electron chi connectivity index (χ1n) is 2.90. The molecule has 0 fully saturated rings. The van der Waals surface area contributed by atoms with Gasteiger partial charge in [-0.3, -0.25) is 0 Å². The summed E-state index contributed by atoms with van der Waals surface area (Å²) in [5.41, 5.74) is 6.94. The molecule has 0 aromatic carbocycles. The molecule has 0 heterocycles. The van der Waals surface area contributed by atoms with Gasteiger partial charge < -0.3 is 0 Å². The van der Waals surface area contributed by atoms with Crippen LogP contribution in [0.15, 0.2) is 47.4 Å². The van der Waals surface area contributed by atoms with Gasteiger partial charge in [-0.15, -0.1) is 0 Å².